The zero-order chi connectivity index (χ0) is 12.3. The second kappa shape index (κ2) is 4.96. The average Bonchev–Trinajstić information content (AvgIpc) is 2.94. The summed E-state index contributed by atoms with van der Waals surface area (Å²) in [6.07, 6.45) is 2.10. The molecule has 7 nitrogen and oxygen atoms in total. The summed E-state index contributed by atoms with van der Waals surface area (Å²) in [5.74, 6) is 0.0914. The molecule has 1 aromatic rings. The number of carbonyl (C=O) groups is 1. The summed E-state index contributed by atoms with van der Waals surface area (Å²) in [5, 5.41) is 16.0. The van der Waals surface area contributed by atoms with Crippen molar-refractivity contribution in [1.82, 2.24) is 10.6 Å². The molecule has 1 saturated carbocycles. The van der Waals surface area contributed by atoms with Crippen LogP contribution < -0.4 is 10.6 Å². The predicted octanol–water partition coefficient (Wildman–Crippen LogP) is 0.556. The van der Waals surface area contributed by atoms with Crippen LogP contribution in [0.2, 0.25) is 0 Å². The SMILES string of the molecule is O=C(CNCc1ccc([N+](=O)[O-])o1)NC1CC1. The van der Waals surface area contributed by atoms with Gasteiger partial charge in [-0.3, -0.25) is 14.9 Å². The Morgan fingerprint density at radius 1 is 1.53 bits per heavy atom. The van der Waals surface area contributed by atoms with Crippen molar-refractivity contribution in [3.8, 4) is 0 Å². The van der Waals surface area contributed by atoms with Gasteiger partial charge in [0, 0.05) is 6.04 Å². The van der Waals surface area contributed by atoms with Crippen LogP contribution in [0.3, 0.4) is 0 Å². The molecule has 0 aliphatic heterocycles. The van der Waals surface area contributed by atoms with Crippen molar-refractivity contribution in [3.63, 3.8) is 0 Å². The molecule has 92 valence electrons. The number of hydrogen-bond donors (Lipinski definition) is 2. The zero-order valence-corrected chi connectivity index (χ0v) is 9.14. The Hall–Kier alpha value is -1.89. The van der Waals surface area contributed by atoms with Gasteiger partial charge in [0.15, 0.2) is 0 Å². The van der Waals surface area contributed by atoms with Crippen LogP contribution in [0.15, 0.2) is 16.5 Å². The molecular formula is C10H13N3O4. The van der Waals surface area contributed by atoms with E-state index in [1.807, 2.05) is 0 Å². The van der Waals surface area contributed by atoms with Gasteiger partial charge in [-0.05, 0) is 18.9 Å². The van der Waals surface area contributed by atoms with Crippen molar-refractivity contribution in [2.45, 2.75) is 25.4 Å². The zero-order valence-electron chi connectivity index (χ0n) is 9.14. The monoisotopic (exact) mass is 239 g/mol. The van der Waals surface area contributed by atoms with Crippen LogP contribution in [0.5, 0.6) is 0 Å². The standard InChI is InChI=1S/C10H13N3O4/c14-9(12-7-1-2-7)6-11-5-8-3-4-10(17-8)13(15)16/h3-4,7,11H,1-2,5-6H2,(H,12,14). The Kier molecular flexibility index (Phi) is 3.38. The fourth-order valence-corrected chi connectivity index (χ4v) is 1.37. The molecular weight excluding hydrogens is 226 g/mol. The first-order valence-corrected chi connectivity index (χ1v) is 5.38. The molecule has 0 bridgehead atoms. The van der Waals surface area contributed by atoms with Crippen LogP contribution in [0, 0.1) is 10.1 Å². The number of nitrogens with one attached hydrogen (secondary N) is 2. The van der Waals surface area contributed by atoms with E-state index in [-0.39, 0.29) is 18.3 Å². The van der Waals surface area contributed by atoms with Gasteiger partial charge in [0.05, 0.1) is 19.2 Å². The molecule has 1 amide bonds. The molecule has 2 N–H and O–H groups in total. The molecule has 2 rings (SSSR count). The molecule has 0 saturated heterocycles. The van der Waals surface area contributed by atoms with Crippen LogP contribution in [0.4, 0.5) is 5.88 Å². The van der Waals surface area contributed by atoms with E-state index in [0.29, 0.717) is 18.3 Å². The maximum Gasteiger partial charge on any atom is 0.433 e. The molecule has 17 heavy (non-hydrogen) atoms. The fourth-order valence-electron chi connectivity index (χ4n) is 1.37. The Labute approximate surface area is 97.3 Å². The van der Waals surface area contributed by atoms with E-state index in [2.05, 4.69) is 10.6 Å². The number of rotatable bonds is 6. The van der Waals surface area contributed by atoms with Gasteiger partial charge in [0.1, 0.15) is 10.7 Å². The summed E-state index contributed by atoms with van der Waals surface area (Å²) >= 11 is 0. The number of carbonyl (C=O) groups excluding carboxylic acids is 1. The van der Waals surface area contributed by atoms with E-state index in [4.69, 9.17) is 4.42 Å². The molecule has 0 aromatic carbocycles. The Morgan fingerprint density at radius 3 is 2.88 bits per heavy atom. The smallest absolute Gasteiger partial charge is 0.404 e. The molecule has 1 aliphatic carbocycles. The third-order valence-corrected chi connectivity index (χ3v) is 2.35. The minimum absolute atomic E-state index is 0.0615. The molecule has 0 spiro atoms. The van der Waals surface area contributed by atoms with Gasteiger partial charge >= 0.3 is 5.88 Å². The summed E-state index contributed by atoms with van der Waals surface area (Å²) < 4.78 is 4.93. The van der Waals surface area contributed by atoms with Gasteiger partial charge in [-0.1, -0.05) is 0 Å². The van der Waals surface area contributed by atoms with Gasteiger partial charge < -0.3 is 15.1 Å². The Bertz CT molecular complexity index is 425. The van der Waals surface area contributed by atoms with Crippen molar-refractivity contribution in [3.05, 3.63) is 28.0 Å². The van der Waals surface area contributed by atoms with Gasteiger partial charge in [0.25, 0.3) is 0 Å². The topological polar surface area (TPSA) is 97.4 Å². The average molecular weight is 239 g/mol. The third kappa shape index (κ3) is 3.56. The highest BCUT2D eigenvalue weighted by Crippen LogP contribution is 2.18. The van der Waals surface area contributed by atoms with Crippen molar-refractivity contribution in [1.29, 1.82) is 0 Å². The third-order valence-electron chi connectivity index (χ3n) is 2.35. The maximum atomic E-state index is 11.3. The molecule has 1 aliphatic rings. The first kappa shape index (κ1) is 11.6. The van der Waals surface area contributed by atoms with Gasteiger partial charge in [-0.15, -0.1) is 0 Å². The highest BCUT2D eigenvalue weighted by atomic mass is 16.6. The minimum Gasteiger partial charge on any atom is -0.404 e. The quantitative estimate of drug-likeness (QED) is 0.558. The summed E-state index contributed by atoms with van der Waals surface area (Å²) in [6, 6.07) is 3.15. The number of furan rings is 1. The molecule has 1 heterocycles. The van der Waals surface area contributed by atoms with E-state index in [0.717, 1.165) is 12.8 Å². The minimum atomic E-state index is -0.594. The lowest BCUT2D eigenvalue weighted by Crippen LogP contribution is -2.34. The Morgan fingerprint density at radius 2 is 2.29 bits per heavy atom. The van der Waals surface area contributed by atoms with Crippen molar-refractivity contribution < 1.29 is 14.1 Å². The first-order chi connectivity index (χ1) is 8.15. The number of hydrogen-bond acceptors (Lipinski definition) is 5. The molecule has 1 fully saturated rings. The van der Waals surface area contributed by atoms with E-state index in [1.54, 1.807) is 0 Å². The number of amides is 1. The highest BCUT2D eigenvalue weighted by molar-refractivity contribution is 5.78. The van der Waals surface area contributed by atoms with E-state index in [1.165, 1.54) is 12.1 Å². The van der Waals surface area contributed by atoms with Crippen LogP contribution in [-0.4, -0.2) is 23.4 Å². The summed E-state index contributed by atoms with van der Waals surface area (Å²) in [7, 11) is 0. The van der Waals surface area contributed by atoms with E-state index in [9.17, 15) is 14.9 Å². The largest absolute Gasteiger partial charge is 0.433 e. The van der Waals surface area contributed by atoms with E-state index >= 15 is 0 Å². The van der Waals surface area contributed by atoms with Crippen molar-refractivity contribution >= 4 is 11.8 Å². The number of nitro groups is 1. The molecule has 0 radical (unpaired) electrons. The number of nitrogens with zero attached hydrogens (tertiary/aromatic N) is 1. The molecule has 0 unspecified atom stereocenters. The van der Waals surface area contributed by atoms with Crippen molar-refractivity contribution in [2.75, 3.05) is 6.54 Å². The summed E-state index contributed by atoms with van der Waals surface area (Å²) in [5.41, 5.74) is 0. The summed E-state index contributed by atoms with van der Waals surface area (Å²) in [4.78, 5) is 21.0. The molecule has 0 atom stereocenters. The van der Waals surface area contributed by atoms with Crippen LogP contribution in [0.1, 0.15) is 18.6 Å². The van der Waals surface area contributed by atoms with Gasteiger partial charge in [-0.2, -0.15) is 0 Å². The first-order valence-electron chi connectivity index (χ1n) is 5.38. The van der Waals surface area contributed by atoms with Crippen molar-refractivity contribution in [2.24, 2.45) is 0 Å². The highest BCUT2D eigenvalue weighted by Gasteiger charge is 2.22. The van der Waals surface area contributed by atoms with Crippen LogP contribution in [-0.2, 0) is 11.3 Å². The maximum absolute atomic E-state index is 11.3. The lowest BCUT2D eigenvalue weighted by atomic mass is 10.4. The second-order valence-electron chi connectivity index (χ2n) is 3.94. The van der Waals surface area contributed by atoms with Gasteiger partial charge in [0.2, 0.25) is 5.91 Å². The van der Waals surface area contributed by atoms with Crippen LogP contribution in [0.25, 0.3) is 0 Å². The molecule has 7 heteroatoms. The fraction of sp³-hybridized carbons (Fsp3) is 0.500. The van der Waals surface area contributed by atoms with Crippen LogP contribution >= 0.6 is 0 Å². The molecule has 1 aromatic heterocycles. The Balaban J connectivity index is 1.69. The predicted molar refractivity (Wildman–Crippen MR) is 58.2 cm³/mol. The normalized spacial score (nSPS) is 14.6. The summed E-state index contributed by atoms with van der Waals surface area (Å²) in [6.45, 7) is 0.483. The van der Waals surface area contributed by atoms with Gasteiger partial charge in [-0.25, -0.2) is 0 Å². The second-order valence-corrected chi connectivity index (χ2v) is 3.94. The lowest BCUT2D eigenvalue weighted by molar-refractivity contribution is -0.402. The lowest BCUT2D eigenvalue weighted by Gasteiger charge is -2.03. The van der Waals surface area contributed by atoms with E-state index < -0.39 is 4.92 Å².